The molecule has 1 saturated carbocycles. The van der Waals surface area contributed by atoms with E-state index < -0.39 is 5.41 Å². The van der Waals surface area contributed by atoms with Gasteiger partial charge in [-0.05, 0) is 19.8 Å². The number of carbonyl (C=O) groups is 1. The van der Waals surface area contributed by atoms with Crippen LogP contribution in [0.15, 0.2) is 12.4 Å². The zero-order valence-corrected chi connectivity index (χ0v) is 13.1. The molecule has 21 heavy (non-hydrogen) atoms. The Balaban J connectivity index is 2.11. The number of rotatable bonds is 6. The summed E-state index contributed by atoms with van der Waals surface area (Å²) in [5.41, 5.74) is -0.420. The van der Waals surface area contributed by atoms with E-state index in [0.717, 1.165) is 31.5 Å². The summed E-state index contributed by atoms with van der Waals surface area (Å²) in [5.74, 6) is 1.39. The molecule has 116 valence electrons. The number of nitrogens with zero attached hydrogens (tertiary/aromatic N) is 3. The standard InChI is InChI=1S/C15H24N4O2/c1-4-21-14(20)15(7-5-6-8-15)11-18-12-13(19(2)3)17-10-9-16-12/h9-10H,4-8,11H2,1-3H3,(H,16,18). The van der Waals surface area contributed by atoms with Gasteiger partial charge >= 0.3 is 5.97 Å². The van der Waals surface area contributed by atoms with Crippen LogP contribution >= 0.6 is 0 Å². The summed E-state index contributed by atoms with van der Waals surface area (Å²) in [5, 5.41) is 3.30. The van der Waals surface area contributed by atoms with Crippen LogP contribution in [0, 0.1) is 5.41 Å². The van der Waals surface area contributed by atoms with E-state index in [-0.39, 0.29) is 5.97 Å². The highest BCUT2D eigenvalue weighted by Crippen LogP contribution is 2.39. The monoisotopic (exact) mass is 292 g/mol. The largest absolute Gasteiger partial charge is 0.466 e. The van der Waals surface area contributed by atoms with Crippen molar-refractivity contribution < 1.29 is 9.53 Å². The zero-order chi connectivity index (χ0) is 15.3. The Kier molecular flexibility index (Phi) is 4.98. The number of hydrogen-bond donors (Lipinski definition) is 1. The third-order valence-corrected chi connectivity index (χ3v) is 3.97. The summed E-state index contributed by atoms with van der Waals surface area (Å²) in [6, 6.07) is 0. The minimum Gasteiger partial charge on any atom is -0.466 e. The summed E-state index contributed by atoms with van der Waals surface area (Å²) < 4.78 is 5.27. The Morgan fingerprint density at radius 2 is 2.00 bits per heavy atom. The Bertz CT molecular complexity index is 484. The van der Waals surface area contributed by atoms with Crippen LogP contribution in [0.4, 0.5) is 11.6 Å². The van der Waals surface area contributed by atoms with Gasteiger partial charge in [0.25, 0.3) is 0 Å². The molecule has 0 unspecified atom stereocenters. The van der Waals surface area contributed by atoms with Crippen LogP contribution in [0.3, 0.4) is 0 Å². The molecule has 1 heterocycles. The molecule has 1 aromatic rings. The predicted octanol–water partition coefficient (Wildman–Crippen LogP) is 2.08. The van der Waals surface area contributed by atoms with Gasteiger partial charge < -0.3 is 15.0 Å². The third kappa shape index (κ3) is 3.43. The van der Waals surface area contributed by atoms with Crippen molar-refractivity contribution in [2.24, 2.45) is 5.41 Å². The molecule has 0 spiro atoms. The second kappa shape index (κ2) is 6.74. The van der Waals surface area contributed by atoms with Gasteiger partial charge in [0, 0.05) is 33.0 Å². The number of ether oxygens (including phenoxy) is 1. The molecular weight excluding hydrogens is 268 g/mol. The number of esters is 1. The highest BCUT2D eigenvalue weighted by atomic mass is 16.5. The van der Waals surface area contributed by atoms with E-state index in [4.69, 9.17) is 4.74 Å². The molecule has 6 heteroatoms. The summed E-state index contributed by atoms with van der Waals surface area (Å²) in [7, 11) is 3.84. The number of anilines is 2. The van der Waals surface area contributed by atoms with E-state index in [1.54, 1.807) is 12.4 Å². The van der Waals surface area contributed by atoms with Crippen molar-refractivity contribution >= 4 is 17.6 Å². The molecule has 0 saturated heterocycles. The first-order valence-electron chi connectivity index (χ1n) is 7.48. The fourth-order valence-corrected chi connectivity index (χ4v) is 2.82. The van der Waals surface area contributed by atoms with Crippen LogP contribution in [0.5, 0.6) is 0 Å². The van der Waals surface area contributed by atoms with Crippen molar-refractivity contribution in [1.82, 2.24) is 9.97 Å². The molecule has 6 nitrogen and oxygen atoms in total. The smallest absolute Gasteiger partial charge is 0.313 e. The number of nitrogens with one attached hydrogen (secondary N) is 1. The van der Waals surface area contributed by atoms with Gasteiger partial charge in [0.2, 0.25) is 0 Å². The average molecular weight is 292 g/mol. The molecular formula is C15H24N4O2. The molecule has 0 amide bonds. The third-order valence-electron chi connectivity index (χ3n) is 3.97. The molecule has 1 aliphatic rings. The van der Waals surface area contributed by atoms with Crippen LogP contribution in [0.2, 0.25) is 0 Å². The summed E-state index contributed by atoms with van der Waals surface area (Å²) >= 11 is 0. The fraction of sp³-hybridized carbons (Fsp3) is 0.667. The minimum atomic E-state index is -0.420. The van der Waals surface area contributed by atoms with Gasteiger partial charge in [-0.2, -0.15) is 0 Å². The lowest BCUT2D eigenvalue weighted by molar-refractivity contribution is -0.154. The van der Waals surface area contributed by atoms with Crippen LogP contribution in [0.25, 0.3) is 0 Å². The minimum absolute atomic E-state index is 0.0923. The average Bonchev–Trinajstić information content (AvgIpc) is 2.96. The first-order chi connectivity index (χ1) is 10.1. The van der Waals surface area contributed by atoms with Gasteiger partial charge in [-0.25, -0.2) is 9.97 Å². The lowest BCUT2D eigenvalue weighted by atomic mass is 9.86. The van der Waals surface area contributed by atoms with E-state index >= 15 is 0 Å². The second-order valence-electron chi connectivity index (χ2n) is 5.68. The maximum atomic E-state index is 12.3. The van der Waals surface area contributed by atoms with Gasteiger partial charge in [-0.15, -0.1) is 0 Å². The predicted molar refractivity (Wildman–Crippen MR) is 82.4 cm³/mol. The summed E-state index contributed by atoms with van der Waals surface area (Å²) in [4.78, 5) is 22.8. The molecule has 0 atom stereocenters. The molecule has 0 radical (unpaired) electrons. The van der Waals surface area contributed by atoms with Crippen LogP contribution in [-0.4, -0.2) is 43.2 Å². The maximum absolute atomic E-state index is 12.3. The quantitative estimate of drug-likeness (QED) is 0.810. The van der Waals surface area contributed by atoms with E-state index in [1.165, 1.54) is 0 Å². The molecule has 1 N–H and O–H groups in total. The van der Waals surface area contributed by atoms with Crippen molar-refractivity contribution in [1.29, 1.82) is 0 Å². The van der Waals surface area contributed by atoms with Crippen molar-refractivity contribution in [2.75, 3.05) is 37.5 Å². The number of hydrogen-bond acceptors (Lipinski definition) is 6. The molecule has 0 bridgehead atoms. The topological polar surface area (TPSA) is 67.3 Å². The zero-order valence-electron chi connectivity index (χ0n) is 13.1. The summed E-state index contributed by atoms with van der Waals surface area (Å²) in [6.07, 6.45) is 7.20. The summed E-state index contributed by atoms with van der Waals surface area (Å²) in [6.45, 7) is 2.82. The fourth-order valence-electron chi connectivity index (χ4n) is 2.82. The molecule has 1 aliphatic carbocycles. The highest BCUT2D eigenvalue weighted by Gasteiger charge is 2.42. The lowest BCUT2D eigenvalue weighted by Gasteiger charge is -2.27. The van der Waals surface area contributed by atoms with E-state index in [2.05, 4.69) is 15.3 Å². The van der Waals surface area contributed by atoms with Crippen molar-refractivity contribution in [3.05, 3.63) is 12.4 Å². The van der Waals surface area contributed by atoms with E-state index in [9.17, 15) is 4.79 Å². The Labute approximate surface area is 125 Å². The number of aromatic nitrogens is 2. The molecule has 1 fully saturated rings. The Morgan fingerprint density at radius 1 is 1.33 bits per heavy atom. The van der Waals surface area contributed by atoms with Crippen LogP contribution < -0.4 is 10.2 Å². The van der Waals surface area contributed by atoms with Crippen molar-refractivity contribution in [3.8, 4) is 0 Å². The molecule has 0 aromatic carbocycles. The Morgan fingerprint density at radius 3 is 2.62 bits per heavy atom. The second-order valence-corrected chi connectivity index (χ2v) is 5.68. The van der Waals surface area contributed by atoms with Gasteiger partial charge in [0.1, 0.15) is 0 Å². The first kappa shape index (κ1) is 15.5. The van der Waals surface area contributed by atoms with Gasteiger partial charge in [0.15, 0.2) is 11.6 Å². The van der Waals surface area contributed by atoms with Crippen molar-refractivity contribution in [2.45, 2.75) is 32.6 Å². The molecule has 2 rings (SSSR count). The molecule has 0 aliphatic heterocycles. The highest BCUT2D eigenvalue weighted by molar-refractivity contribution is 5.78. The van der Waals surface area contributed by atoms with Gasteiger partial charge in [-0.1, -0.05) is 12.8 Å². The van der Waals surface area contributed by atoms with Crippen molar-refractivity contribution in [3.63, 3.8) is 0 Å². The SMILES string of the molecule is CCOC(=O)C1(CNc2nccnc2N(C)C)CCCC1. The van der Waals surface area contributed by atoms with Crippen LogP contribution in [-0.2, 0) is 9.53 Å². The van der Waals surface area contributed by atoms with Crippen LogP contribution in [0.1, 0.15) is 32.6 Å². The first-order valence-corrected chi connectivity index (χ1v) is 7.48. The van der Waals surface area contributed by atoms with E-state index in [1.807, 2.05) is 25.9 Å². The van der Waals surface area contributed by atoms with Gasteiger partial charge in [0.05, 0.1) is 12.0 Å². The normalized spacial score (nSPS) is 16.5. The number of carbonyl (C=O) groups excluding carboxylic acids is 1. The lowest BCUT2D eigenvalue weighted by Crippen LogP contribution is -2.37. The maximum Gasteiger partial charge on any atom is 0.313 e. The Hall–Kier alpha value is -1.85. The van der Waals surface area contributed by atoms with E-state index in [0.29, 0.717) is 19.0 Å². The van der Waals surface area contributed by atoms with Gasteiger partial charge in [-0.3, -0.25) is 4.79 Å². The molecule has 1 aromatic heterocycles.